The number of phenolic OH excluding ortho intramolecular Hbond substituents is 1. The molecule has 0 radical (unpaired) electrons. The van der Waals surface area contributed by atoms with Crippen LogP contribution in [0.1, 0.15) is 21.5 Å². The summed E-state index contributed by atoms with van der Waals surface area (Å²) in [5.74, 6) is -0.590. The number of ether oxygens (including phenoxy) is 1. The number of anilines is 1. The third-order valence-corrected chi connectivity index (χ3v) is 3.92. The van der Waals surface area contributed by atoms with Crippen molar-refractivity contribution in [1.82, 2.24) is 0 Å². The van der Waals surface area contributed by atoms with Gasteiger partial charge in [-0.1, -0.05) is 42.5 Å². The molecule has 4 nitrogen and oxygen atoms in total. The molecule has 0 fully saturated rings. The Bertz CT molecular complexity index is 930. The minimum atomic E-state index is -2.94. The van der Waals surface area contributed by atoms with E-state index >= 15 is 0 Å². The van der Waals surface area contributed by atoms with Crippen LogP contribution in [0.15, 0.2) is 72.8 Å². The molecule has 3 aromatic carbocycles. The molecule has 0 heterocycles. The molecule has 0 aliphatic carbocycles. The molecule has 0 aromatic heterocycles. The number of carbonyl (C=O) groups is 1. The molecule has 0 aliphatic rings. The van der Waals surface area contributed by atoms with Crippen LogP contribution in [0, 0.1) is 0 Å². The number of hydrogen-bond donors (Lipinski definition) is 2. The van der Waals surface area contributed by atoms with Crippen LogP contribution in [0.25, 0.3) is 0 Å². The van der Waals surface area contributed by atoms with Crippen LogP contribution in [0.5, 0.6) is 11.5 Å². The van der Waals surface area contributed by atoms with E-state index in [2.05, 4.69) is 10.1 Å². The van der Waals surface area contributed by atoms with Crippen molar-refractivity contribution in [1.29, 1.82) is 0 Å². The highest BCUT2D eigenvalue weighted by atomic mass is 19.3. The largest absolute Gasteiger partial charge is 0.507 e. The molecule has 0 saturated heterocycles. The maximum Gasteiger partial charge on any atom is 0.387 e. The average Bonchev–Trinajstić information content (AvgIpc) is 2.64. The molecule has 0 bridgehead atoms. The molecule has 138 valence electrons. The van der Waals surface area contributed by atoms with Crippen molar-refractivity contribution in [2.24, 2.45) is 0 Å². The summed E-state index contributed by atoms with van der Waals surface area (Å²) in [5.41, 5.74) is 1.96. The van der Waals surface area contributed by atoms with Crippen molar-refractivity contribution < 1.29 is 23.4 Å². The first-order chi connectivity index (χ1) is 13.0. The Hall–Kier alpha value is -3.41. The predicted octanol–water partition coefficient (Wildman–Crippen LogP) is 4.84. The Morgan fingerprint density at radius 2 is 1.70 bits per heavy atom. The minimum absolute atomic E-state index is 0.0504. The van der Waals surface area contributed by atoms with Crippen LogP contribution >= 0.6 is 0 Å². The number of aromatic hydroxyl groups is 1. The standard InChI is InChI=1S/C21H17F2NO3/c22-21(23)27-19-11-10-16(13-15(19)12-14-6-2-1-3-7-14)24-20(26)17-8-4-5-9-18(17)25/h1-11,13,21,25H,12H2,(H,24,26). The van der Waals surface area contributed by atoms with E-state index in [-0.39, 0.29) is 17.1 Å². The van der Waals surface area contributed by atoms with Gasteiger partial charge in [-0.15, -0.1) is 0 Å². The zero-order valence-electron chi connectivity index (χ0n) is 14.2. The second kappa shape index (κ2) is 8.31. The molecule has 0 saturated carbocycles. The first-order valence-corrected chi connectivity index (χ1v) is 8.24. The topological polar surface area (TPSA) is 58.6 Å². The van der Waals surface area contributed by atoms with Crippen LogP contribution in [0.3, 0.4) is 0 Å². The van der Waals surface area contributed by atoms with E-state index in [4.69, 9.17) is 0 Å². The molecule has 0 spiro atoms. The van der Waals surface area contributed by atoms with Gasteiger partial charge in [0.2, 0.25) is 0 Å². The molecular formula is C21H17F2NO3. The maximum atomic E-state index is 12.7. The fourth-order valence-electron chi connectivity index (χ4n) is 2.69. The Kier molecular flexibility index (Phi) is 5.66. The van der Waals surface area contributed by atoms with E-state index in [1.54, 1.807) is 18.2 Å². The van der Waals surface area contributed by atoms with Gasteiger partial charge in [-0.25, -0.2) is 0 Å². The number of halogens is 2. The molecule has 0 aliphatic heterocycles. The summed E-state index contributed by atoms with van der Waals surface area (Å²) in [6, 6.07) is 19.9. The van der Waals surface area contributed by atoms with Gasteiger partial charge in [0.15, 0.2) is 0 Å². The minimum Gasteiger partial charge on any atom is -0.507 e. The summed E-state index contributed by atoms with van der Waals surface area (Å²) in [6.45, 7) is -2.94. The number of carbonyl (C=O) groups excluding carboxylic acids is 1. The lowest BCUT2D eigenvalue weighted by atomic mass is 10.0. The van der Waals surface area contributed by atoms with E-state index in [0.717, 1.165) is 5.56 Å². The van der Waals surface area contributed by atoms with E-state index < -0.39 is 12.5 Å². The zero-order valence-corrected chi connectivity index (χ0v) is 14.2. The van der Waals surface area contributed by atoms with Gasteiger partial charge in [-0.2, -0.15) is 8.78 Å². The lowest BCUT2D eigenvalue weighted by Crippen LogP contribution is -2.12. The fraction of sp³-hybridized carbons (Fsp3) is 0.0952. The molecular weight excluding hydrogens is 352 g/mol. The second-order valence-corrected chi connectivity index (χ2v) is 5.83. The van der Waals surface area contributed by atoms with Crippen molar-refractivity contribution in [3.63, 3.8) is 0 Å². The van der Waals surface area contributed by atoms with Crippen molar-refractivity contribution >= 4 is 11.6 Å². The van der Waals surface area contributed by atoms with Crippen LogP contribution in [0.4, 0.5) is 14.5 Å². The average molecular weight is 369 g/mol. The fourth-order valence-corrected chi connectivity index (χ4v) is 2.69. The SMILES string of the molecule is O=C(Nc1ccc(OC(F)F)c(Cc2ccccc2)c1)c1ccccc1O. The van der Waals surface area contributed by atoms with Crippen LogP contribution in [-0.4, -0.2) is 17.6 Å². The van der Waals surface area contributed by atoms with Gasteiger partial charge in [-0.05, 0) is 35.9 Å². The summed E-state index contributed by atoms with van der Waals surface area (Å²) in [4.78, 5) is 12.3. The lowest BCUT2D eigenvalue weighted by molar-refractivity contribution is -0.0503. The number of alkyl halides is 2. The van der Waals surface area contributed by atoms with Crippen molar-refractivity contribution in [3.05, 3.63) is 89.5 Å². The van der Waals surface area contributed by atoms with Crippen molar-refractivity contribution in [3.8, 4) is 11.5 Å². The number of para-hydroxylation sites is 1. The highest BCUT2D eigenvalue weighted by Gasteiger charge is 2.14. The van der Waals surface area contributed by atoms with Crippen molar-refractivity contribution in [2.75, 3.05) is 5.32 Å². The molecule has 0 unspecified atom stereocenters. The third kappa shape index (κ3) is 4.82. The van der Waals surface area contributed by atoms with E-state index in [0.29, 0.717) is 17.7 Å². The van der Waals surface area contributed by atoms with Gasteiger partial charge in [0.05, 0.1) is 5.56 Å². The highest BCUT2D eigenvalue weighted by Crippen LogP contribution is 2.28. The Balaban J connectivity index is 1.87. The first kappa shape index (κ1) is 18.4. The van der Waals surface area contributed by atoms with E-state index in [1.165, 1.54) is 24.3 Å². The summed E-state index contributed by atoms with van der Waals surface area (Å²) in [5, 5.41) is 12.5. The molecule has 6 heteroatoms. The van der Waals surface area contributed by atoms with Crippen LogP contribution in [0.2, 0.25) is 0 Å². The molecule has 3 rings (SSSR count). The van der Waals surface area contributed by atoms with Gasteiger partial charge in [0.25, 0.3) is 5.91 Å². The number of rotatable bonds is 6. The lowest BCUT2D eigenvalue weighted by Gasteiger charge is -2.14. The van der Waals surface area contributed by atoms with Gasteiger partial charge < -0.3 is 15.2 Å². The molecule has 2 N–H and O–H groups in total. The van der Waals surface area contributed by atoms with E-state index in [1.807, 2.05) is 30.3 Å². The maximum absolute atomic E-state index is 12.7. The normalized spacial score (nSPS) is 10.6. The van der Waals surface area contributed by atoms with Crippen LogP contribution < -0.4 is 10.1 Å². The zero-order chi connectivity index (χ0) is 19.2. The first-order valence-electron chi connectivity index (χ1n) is 8.24. The quantitative estimate of drug-likeness (QED) is 0.654. The van der Waals surface area contributed by atoms with Crippen molar-refractivity contribution in [2.45, 2.75) is 13.0 Å². The Morgan fingerprint density at radius 1 is 1.00 bits per heavy atom. The third-order valence-electron chi connectivity index (χ3n) is 3.92. The van der Waals surface area contributed by atoms with Gasteiger partial charge in [0, 0.05) is 17.7 Å². The number of amides is 1. The molecule has 3 aromatic rings. The second-order valence-electron chi connectivity index (χ2n) is 5.83. The van der Waals surface area contributed by atoms with Crippen LogP contribution in [-0.2, 0) is 6.42 Å². The van der Waals surface area contributed by atoms with Gasteiger partial charge >= 0.3 is 6.61 Å². The predicted molar refractivity (Wildman–Crippen MR) is 98.4 cm³/mol. The highest BCUT2D eigenvalue weighted by molar-refractivity contribution is 6.06. The Morgan fingerprint density at radius 3 is 2.41 bits per heavy atom. The molecule has 0 atom stereocenters. The monoisotopic (exact) mass is 369 g/mol. The summed E-state index contributed by atoms with van der Waals surface area (Å²) in [7, 11) is 0. The summed E-state index contributed by atoms with van der Waals surface area (Å²) in [6.07, 6.45) is 0.364. The Labute approximate surface area is 155 Å². The molecule has 1 amide bonds. The van der Waals surface area contributed by atoms with Gasteiger partial charge in [-0.3, -0.25) is 4.79 Å². The number of benzene rings is 3. The summed E-state index contributed by atoms with van der Waals surface area (Å²) < 4.78 is 30.0. The number of hydrogen-bond acceptors (Lipinski definition) is 3. The number of nitrogens with one attached hydrogen (secondary N) is 1. The van der Waals surface area contributed by atoms with E-state index in [9.17, 15) is 18.7 Å². The summed E-state index contributed by atoms with van der Waals surface area (Å²) >= 11 is 0. The van der Waals surface area contributed by atoms with Gasteiger partial charge in [0.1, 0.15) is 11.5 Å². The smallest absolute Gasteiger partial charge is 0.387 e. The number of phenols is 1. The molecule has 27 heavy (non-hydrogen) atoms.